The van der Waals surface area contributed by atoms with Gasteiger partial charge < -0.3 is 19.7 Å². The number of rotatable bonds is 10. The van der Waals surface area contributed by atoms with Gasteiger partial charge in [-0.25, -0.2) is 4.79 Å². The van der Waals surface area contributed by atoms with Gasteiger partial charge in [-0.15, -0.1) is 0 Å². The standard InChI is InChI=1S/C20H34N2O3/c1-17(18-9-7-6-8-10-18)11-12-21-13-14-22(15-16-24-5)19(23)25-20(2,3)4/h6-10,17,21H,11-16H2,1-5H3. The molecule has 0 radical (unpaired) electrons. The quantitative estimate of drug-likeness (QED) is 0.654. The van der Waals surface area contributed by atoms with Gasteiger partial charge in [0.15, 0.2) is 0 Å². The first-order valence-electron chi connectivity index (χ1n) is 9.06. The minimum atomic E-state index is -0.485. The molecule has 1 unspecified atom stereocenters. The summed E-state index contributed by atoms with van der Waals surface area (Å²) in [6.07, 6.45) is 0.776. The lowest BCUT2D eigenvalue weighted by atomic mass is 9.98. The summed E-state index contributed by atoms with van der Waals surface area (Å²) in [7, 11) is 1.64. The Hall–Kier alpha value is -1.59. The van der Waals surface area contributed by atoms with Crippen molar-refractivity contribution in [2.24, 2.45) is 0 Å². The molecule has 25 heavy (non-hydrogen) atoms. The fourth-order valence-electron chi connectivity index (χ4n) is 2.43. The van der Waals surface area contributed by atoms with Crippen molar-refractivity contribution in [3.05, 3.63) is 35.9 Å². The maximum Gasteiger partial charge on any atom is 0.410 e. The highest BCUT2D eigenvalue weighted by molar-refractivity contribution is 5.68. The second-order valence-corrected chi connectivity index (χ2v) is 7.31. The molecule has 0 aromatic heterocycles. The molecule has 0 aliphatic rings. The van der Waals surface area contributed by atoms with Crippen molar-refractivity contribution in [1.29, 1.82) is 0 Å². The first-order valence-corrected chi connectivity index (χ1v) is 9.06. The maximum atomic E-state index is 12.2. The van der Waals surface area contributed by atoms with Crippen LogP contribution in [0.4, 0.5) is 4.79 Å². The van der Waals surface area contributed by atoms with E-state index in [9.17, 15) is 4.79 Å². The molecule has 0 bridgehead atoms. The SMILES string of the molecule is COCCN(CCNCCC(C)c1ccccc1)C(=O)OC(C)(C)C. The molecule has 5 nitrogen and oxygen atoms in total. The molecule has 0 saturated carbocycles. The van der Waals surface area contributed by atoms with Crippen molar-refractivity contribution in [3.63, 3.8) is 0 Å². The predicted octanol–water partition coefficient (Wildman–Crippen LogP) is 3.65. The number of nitrogens with zero attached hydrogens (tertiary/aromatic N) is 1. The zero-order valence-corrected chi connectivity index (χ0v) is 16.4. The van der Waals surface area contributed by atoms with Crippen molar-refractivity contribution in [3.8, 4) is 0 Å². The molecular formula is C20H34N2O3. The number of carbonyl (C=O) groups excluding carboxylic acids is 1. The summed E-state index contributed by atoms with van der Waals surface area (Å²) < 4.78 is 10.5. The van der Waals surface area contributed by atoms with E-state index in [4.69, 9.17) is 9.47 Å². The highest BCUT2D eigenvalue weighted by Gasteiger charge is 2.21. The minimum Gasteiger partial charge on any atom is -0.444 e. The number of ether oxygens (including phenoxy) is 2. The molecule has 0 fully saturated rings. The monoisotopic (exact) mass is 350 g/mol. The van der Waals surface area contributed by atoms with Crippen LogP contribution in [0.5, 0.6) is 0 Å². The van der Waals surface area contributed by atoms with E-state index in [0.717, 1.165) is 19.5 Å². The normalized spacial score (nSPS) is 12.7. The van der Waals surface area contributed by atoms with E-state index in [0.29, 0.717) is 25.6 Å². The van der Waals surface area contributed by atoms with E-state index in [1.807, 2.05) is 26.8 Å². The molecule has 0 spiro atoms. The number of benzene rings is 1. The molecule has 0 aliphatic carbocycles. The first-order chi connectivity index (χ1) is 11.8. The van der Waals surface area contributed by atoms with Crippen LogP contribution < -0.4 is 5.32 Å². The van der Waals surface area contributed by atoms with Crippen LogP contribution in [0.15, 0.2) is 30.3 Å². The van der Waals surface area contributed by atoms with Crippen LogP contribution in [0.25, 0.3) is 0 Å². The molecule has 0 heterocycles. The van der Waals surface area contributed by atoms with E-state index in [1.165, 1.54) is 5.56 Å². The van der Waals surface area contributed by atoms with Gasteiger partial charge in [0.1, 0.15) is 5.60 Å². The topological polar surface area (TPSA) is 50.8 Å². The van der Waals surface area contributed by atoms with Gasteiger partial charge in [-0.2, -0.15) is 0 Å². The Morgan fingerprint density at radius 3 is 2.44 bits per heavy atom. The highest BCUT2D eigenvalue weighted by Crippen LogP contribution is 2.17. The van der Waals surface area contributed by atoms with Gasteiger partial charge in [-0.05, 0) is 45.2 Å². The molecule has 1 aromatic carbocycles. The fourth-order valence-corrected chi connectivity index (χ4v) is 2.43. The average molecular weight is 351 g/mol. The maximum absolute atomic E-state index is 12.2. The van der Waals surface area contributed by atoms with Crippen molar-refractivity contribution in [1.82, 2.24) is 10.2 Å². The molecule has 1 amide bonds. The number of methoxy groups -OCH3 is 1. The van der Waals surface area contributed by atoms with Crippen LogP contribution in [0.1, 0.15) is 45.6 Å². The van der Waals surface area contributed by atoms with Crippen molar-refractivity contribution in [2.75, 3.05) is 39.9 Å². The smallest absolute Gasteiger partial charge is 0.410 e. The Morgan fingerprint density at radius 1 is 1.16 bits per heavy atom. The molecule has 1 atom stereocenters. The number of hydrogen-bond acceptors (Lipinski definition) is 4. The Kier molecular flexibility index (Phi) is 9.53. The molecule has 0 aliphatic heterocycles. The van der Waals surface area contributed by atoms with Crippen molar-refractivity contribution >= 4 is 6.09 Å². The predicted molar refractivity (Wildman–Crippen MR) is 102 cm³/mol. The fraction of sp³-hybridized carbons (Fsp3) is 0.650. The molecule has 1 N–H and O–H groups in total. The zero-order chi connectivity index (χ0) is 18.7. The van der Waals surface area contributed by atoms with Gasteiger partial charge in [-0.3, -0.25) is 0 Å². The number of carbonyl (C=O) groups is 1. The van der Waals surface area contributed by atoms with Gasteiger partial charge in [-0.1, -0.05) is 37.3 Å². The summed E-state index contributed by atoms with van der Waals surface area (Å²) in [5, 5.41) is 3.42. The lowest BCUT2D eigenvalue weighted by Gasteiger charge is -2.27. The third-order valence-corrected chi connectivity index (χ3v) is 3.90. The van der Waals surface area contributed by atoms with Crippen LogP contribution >= 0.6 is 0 Å². The minimum absolute atomic E-state index is 0.288. The third-order valence-electron chi connectivity index (χ3n) is 3.90. The van der Waals surface area contributed by atoms with Crippen LogP contribution in [0, 0.1) is 0 Å². The van der Waals surface area contributed by atoms with Crippen LogP contribution in [0.3, 0.4) is 0 Å². The van der Waals surface area contributed by atoms with Crippen LogP contribution in [-0.4, -0.2) is 56.5 Å². The summed E-state index contributed by atoms with van der Waals surface area (Å²) in [6.45, 7) is 11.2. The third kappa shape index (κ3) is 9.46. The van der Waals surface area contributed by atoms with E-state index in [2.05, 4.69) is 36.5 Å². The first kappa shape index (κ1) is 21.5. The van der Waals surface area contributed by atoms with Gasteiger partial charge >= 0.3 is 6.09 Å². The molecule has 5 heteroatoms. The van der Waals surface area contributed by atoms with Crippen LogP contribution in [0.2, 0.25) is 0 Å². The van der Waals surface area contributed by atoms with Gasteiger partial charge in [0.05, 0.1) is 6.61 Å². The highest BCUT2D eigenvalue weighted by atomic mass is 16.6. The Morgan fingerprint density at radius 2 is 1.84 bits per heavy atom. The van der Waals surface area contributed by atoms with E-state index in [-0.39, 0.29) is 6.09 Å². The van der Waals surface area contributed by atoms with E-state index < -0.39 is 5.60 Å². The average Bonchev–Trinajstić information content (AvgIpc) is 2.56. The van der Waals surface area contributed by atoms with E-state index >= 15 is 0 Å². The number of hydrogen-bond donors (Lipinski definition) is 1. The largest absolute Gasteiger partial charge is 0.444 e. The lowest BCUT2D eigenvalue weighted by molar-refractivity contribution is 0.0204. The molecule has 1 rings (SSSR count). The number of amides is 1. The molecule has 1 aromatic rings. The Labute approximate surface area is 152 Å². The number of nitrogens with one attached hydrogen (secondary N) is 1. The molecule has 142 valence electrons. The van der Waals surface area contributed by atoms with Crippen molar-refractivity contribution < 1.29 is 14.3 Å². The summed E-state index contributed by atoms with van der Waals surface area (Å²) in [4.78, 5) is 13.9. The second kappa shape index (κ2) is 11.1. The molecule has 0 saturated heterocycles. The van der Waals surface area contributed by atoms with Crippen molar-refractivity contribution in [2.45, 2.75) is 45.6 Å². The Balaban J connectivity index is 2.32. The van der Waals surface area contributed by atoms with Crippen LogP contribution in [-0.2, 0) is 9.47 Å². The van der Waals surface area contributed by atoms with E-state index in [1.54, 1.807) is 12.0 Å². The summed E-state index contributed by atoms with van der Waals surface area (Å²) in [5.41, 5.74) is 0.876. The zero-order valence-electron chi connectivity index (χ0n) is 16.4. The lowest BCUT2D eigenvalue weighted by Crippen LogP contribution is -2.42. The molecular weight excluding hydrogens is 316 g/mol. The summed E-state index contributed by atoms with van der Waals surface area (Å²) >= 11 is 0. The van der Waals surface area contributed by atoms with Gasteiger partial charge in [0, 0.05) is 26.7 Å². The summed E-state index contributed by atoms with van der Waals surface area (Å²) in [5.74, 6) is 0.518. The van der Waals surface area contributed by atoms with Gasteiger partial charge in [0.2, 0.25) is 0 Å². The Bertz CT molecular complexity index is 485. The summed E-state index contributed by atoms with van der Waals surface area (Å²) in [6, 6.07) is 10.5. The second-order valence-electron chi connectivity index (χ2n) is 7.31. The van der Waals surface area contributed by atoms with Gasteiger partial charge in [0.25, 0.3) is 0 Å².